The maximum atomic E-state index is 11.3. The fraction of sp³-hybridized carbons (Fsp3) is 0. The molecule has 0 unspecified atom stereocenters. The molecule has 4 nitrogen and oxygen atoms in total. The van der Waals surface area contributed by atoms with Crippen LogP contribution in [0.25, 0.3) is 12.2 Å². The molecular weight excluding hydrogens is 298 g/mol. The van der Waals surface area contributed by atoms with Gasteiger partial charge in [0.2, 0.25) is 0 Å². The average Bonchev–Trinajstić information content (AvgIpc) is 2.36. The summed E-state index contributed by atoms with van der Waals surface area (Å²) in [4.78, 5) is -0.226. The quantitative estimate of drug-likeness (QED) is 0.517. The Morgan fingerprint density at radius 3 is 2.50 bits per heavy atom. The van der Waals surface area contributed by atoms with Gasteiger partial charge in [-0.3, -0.25) is 4.55 Å². The van der Waals surface area contributed by atoms with Gasteiger partial charge in [-0.15, -0.1) is 0 Å². The van der Waals surface area contributed by atoms with E-state index >= 15 is 0 Å². The lowest BCUT2D eigenvalue weighted by atomic mass is 10.1. The number of hydrogen-bond acceptors (Lipinski definition) is 3. The highest BCUT2D eigenvalue weighted by atomic mass is 35.5. The molecule has 2 rings (SSSR count). The second kappa shape index (κ2) is 5.66. The fourth-order valence-corrected chi connectivity index (χ4v) is 2.63. The smallest absolute Gasteiger partial charge is 0.295 e. The Hall–Kier alpha value is -1.82. The third kappa shape index (κ3) is 3.60. The molecule has 2 aromatic rings. The maximum absolute atomic E-state index is 11.3. The minimum absolute atomic E-state index is 0.226. The first kappa shape index (κ1) is 14.6. The number of halogens is 1. The van der Waals surface area contributed by atoms with Gasteiger partial charge in [-0.05, 0) is 35.4 Å². The summed E-state index contributed by atoms with van der Waals surface area (Å²) in [5.41, 5.74) is 6.96. The Labute approximate surface area is 122 Å². The summed E-state index contributed by atoms with van der Waals surface area (Å²) in [5.74, 6) is 0. The van der Waals surface area contributed by atoms with E-state index in [0.29, 0.717) is 10.6 Å². The fourth-order valence-electron chi connectivity index (χ4n) is 1.71. The molecule has 0 heterocycles. The third-order valence-corrected chi connectivity index (χ3v) is 3.76. The van der Waals surface area contributed by atoms with E-state index < -0.39 is 10.1 Å². The van der Waals surface area contributed by atoms with Gasteiger partial charge in [0.1, 0.15) is 4.90 Å². The van der Waals surface area contributed by atoms with Crippen LogP contribution in [0.5, 0.6) is 0 Å². The molecule has 0 atom stereocenters. The van der Waals surface area contributed by atoms with Crippen LogP contribution in [-0.4, -0.2) is 13.0 Å². The van der Waals surface area contributed by atoms with Crippen LogP contribution in [0.2, 0.25) is 5.02 Å². The highest BCUT2D eigenvalue weighted by molar-refractivity contribution is 7.86. The molecule has 0 aliphatic heterocycles. The van der Waals surface area contributed by atoms with E-state index in [1.165, 1.54) is 12.1 Å². The first-order chi connectivity index (χ1) is 9.36. The molecule has 2 aromatic carbocycles. The van der Waals surface area contributed by atoms with Crippen LogP contribution in [0.1, 0.15) is 11.1 Å². The lowest BCUT2D eigenvalue weighted by Gasteiger charge is -2.04. The van der Waals surface area contributed by atoms with Crippen molar-refractivity contribution in [3.63, 3.8) is 0 Å². The van der Waals surface area contributed by atoms with Gasteiger partial charge in [-0.1, -0.05) is 42.0 Å². The van der Waals surface area contributed by atoms with Crippen molar-refractivity contribution >= 4 is 39.6 Å². The molecule has 0 aliphatic rings. The lowest BCUT2D eigenvalue weighted by molar-refractivity contribution is 0.483. The van der Waals surface area contributed by atoms with Crippen LogP contribution in [0.15, 0.2) is 47.4 Å². The van der Waals surface area contributed by atoms with Crippen LogP contribution >= 0.6 is 11.6 Å². The van der Waals surface area contributed by atoms with E-state index in [2.05, 4.69) is 0 Å². The average molecular weight is 310 g/mol. The highest BCUT2D eigenvalue weighted by Crippen LogP contribution is 2.21. The normalized spacial score (nSPS) is 11.9. The topological polar surface area (TPSA) is 80.4 Å². The predicted molar refractivity (Wildman–Crippen MR) is 81.0 cm³/mol. The molecule has 0 radical (unpaired) electrons. The minimum Gasteiger partial charge on any atom is -0.399 e. The van der Waals surface area contributed by atoms with Gasteiger partial charge in [0.15, 0.2) is 0 Å². The standard InChI is InChI=1S/C14H12ClNO3S/c15-12-3-1-2-10(8-12)4-5-11-6-7-13(16)9-14(11)20(17,18)19/h1-9H,16H2,(H,17,18,19). The van der Waals surface area contributed by atoms with Gasteiger partial charge in [-0.2, -0.15) is 8.42 Å². The van der Waals surface area contributed by atoms with Crippen molar-refractivity contribution in [2.45, 2.75) is 4.90 Å². The highest BCUT2D eigenvalue weighted by Gasteiger charge is 2.14. The van der Waals surface area contributed by atoms with Gasteiger partial charge in [0.25, 0.3) is 10.1 Å². The van der Waals surface area contributed by atoms with Crippen LogP contribution < -0.4 is 5.73 Å². The van der Waals surface area contributed by atoms with E-state index in [9.17, 15) is 13.0 Å². The van der Waals surface area contributed by atoms with Crippen LogP contribution in [-0.2, 0) is 10.1 Å². The predicted octanol–water partition coefficient (Wildman–Crippen LogP) is 3.34. The Morgan fingerprint density at radius 2 is 1.85 bits per heavy atom. The minimum atomic E-state index is -4.33. The molecular formula is C14H12ClNO3S. The first-order valence-corrected chi connectivity index (χ1v) is 7.49. The summed E-state index contributed by atoms with van der Waals surface area (Å²) in [6, 6.07) is 11.4. The van der Waals surface area contributed by atoms with Gasteiger partial charge in [-0.25, -0.2) is 0 Å². The van der Waals surface area contributed by atoms with Crippen molar-refractivity contribution in [2.75, 3.05) is 5.73 Å². The molecule has 0 aromatic heterocycles. The molecule has 0 spiro atoms. The number of nitrogen functional groups attached to an aromatic ring is 1. The van der Waals surface area contributed by atoms with E-state index in [1.54, 1.807) is 36.4 Å². The van der Waals surface area contributed by atoms with Gasteiger partial charge in [0, 0.05) is 10.7 Å². The van der Waals surface area contributed by atoms with E-state index in [-0.39, 0.29) is 10.6 Å². The van der Waals surface area contributed by atoms with Gasteiger partial charge in [0.05, 0.1) is 0 Å². The molecule has 0 fully saturated rings. The van der Waals surface area contributed by atoms with Crippen molar-refractivity contribution in [3.8, 4) is 0 Å². The van der Waals surface area contributed by atoms with Crippen molar-refractivity contribution in [1.29, 1.82) is 0 Å². The summed E-state index contributed by atoms with van der Waals surface area (Å²) < 4.78 is 31.8. The van der Waals surface area contributed by atoms with Gasteiger partial charge < -0.3 is 5.73 Å². The van der Waals surface area contributed by atoms with Crippen molar-refractivity contribution in [3.05, 3.63) is 58.6 Å². The van der Waals surface area contributed by atoms with Crippen LogP contribution in [0.3, 0.4) is 0 Å². The van der Waals surface area contributed by atoms with E-state index in [1.807, 2.05) is 6.07 Å². The molecule has 0 aliphatic carbocycles. The summed E-state index contributed by atoms with van der Waals surface area (Å²) in [6.07, 6.45) is 3.28. The first-order valence-electron chi connectivity index (χ1n) is 5.67. The molecule has 0 saturated heterocycles. The van der Waals surface area contributed by atoms with Crippen molar-refractivity contribution in [2.24, 2.45) is 0 Å². The SMILES string of the molecule is Nc1ccc(C=Cc2cccc(Cl)c2)c(S(=O)(=O)O)c1. The van der Waals surface area contributed by atoms with E-state index in [0.717, 1.165) is 5.56 Å². The Bertz CT molecular complexity index is 770. The molecule has 3 N–H and O–H groups in total. The second-order valence-electron chi connectivity index (χ2n) is 4.16. The lowest BCUT2D eigenvalue weighted by Crippen LogP contribution is -2.02. The Balaban J connectivity index is 2.44. The largest absolute Gasteiger partial charge is 0.399 e. The molecule has 6 heteroatoms. The summed E-state index contributed by atoms with van der Waals surface area (Å²) in [5, 5.41) is 0.583. The zero-order chi connectivity index (χ0) is 14.8. The number of nitrogens with two attached hydrogens (primary N) is 1. The third-order valence-electron chi connectivity index (χ3n) is 2.62. The monoisotopic (exact) mass is 309 g/mol. The number of anilines is 1. The summed E-state index contributed by atoms with van der Waals surface area (Å²) in [7, 11) is -4.33. The zero-order valence-electron chi connectivity index (χ0n) is 10.3. The molecule has 0 amide bonds. The van der Waals surface area contributed by atoms with E-state index in [4.69, 9.17) is 17.3 Å². The molecule has 0 saturated carbocycles. The summed E-state index contributed by atoms with van der Waals surface area (Å²) in [6.45, 7) is 0. The molecule has 0 bridgehead atoms. The number of hydrogen-bond donors (Lipinski definition) is 2. The Morgan fingerprint density at radius 1 is 1.10 bits per heavy atom. The Kier molecular flexibility index (Phi) is 4.13. The summed E-state index contributed by atoms with van der Waals surface area (Å²) >= 11 is 5.86. The number of benzene rings is 2. The molecule has 104 valence electrons. The van der Waals surface area contributed by atoms with Crippen molar-refractivity contribution < 1.29 is 13.0 Å². The molecule has 20 heavy (non-hydrogen) atoms. The zero-order valence-corrected chi connectivity index (χ0v) is 11.9. The van der Waals surface area contributed by atoms with Crippen molar-refractivity contribution in [1.82, 2.24) is 0 Å². The van der Waals surface area contributed by atoms with Crippen LogP contribution in [0, 0.1) is 0 Å². The van der Waals surface area contributed by atoms with Crippen LogP contribution in [0.4, 0.5) is 5.69 Å². The number of rotatable bonds is 3. The second-order valence-corrected chi connectivity index (χ2v) is 5.99. The van der Waals surface area contributed by atoms with Gasteiger partial charge >= 0.3 is 0 Å². The maximum Gasteiger partial charge on any atom is 0.295 e.